The van der Waals surface area contributed by atoms with E-state index in [9.17, 15) is 0 Å². The molecule has 1 saturated heterocycles. The molecule has 0 unspecified atom stereocenters. The predicted octanol–water partition coefficient (Wildman–Crippen LogP) is 2.22. The highest BCUT2D eigenvalue weighted by molar-refractivity contribution is 5.95. The van der Waals surface area contributed by atoms with Crippen LogP contribution in [0, 0.1) is 13.8 Å². The molecule has 2 N–H and O–H groups in total. The highest BCUT2D eigenvalue weighted by Gasteiger charge is 2.17. The molecule has 0 aliphatic carbocycles. The van der Waals surface area contributed by atoms with Gasteiger partial charge in [-0.3, -0.25) is 9.98 Å². The molecule has 0 spiro atoms. The second-order valence-electron chi connectivity index (χ2n) is 6.81. The maximum Gasteiger partial charge on any atom is 0.232 e. The first-order valence-electron chi connectivity index (χ1n) is 9.34. The van der Waals surface area contributed by atoms with Crippen molar-refractivity contribution >= 4 is 5.84 Å². The number of ether oxygens (including phenoxy) is 2. The van der Waals surface area contributed by atoms with Crippen molar-refractivity contribution in [2.75, 3.05) is 13.2 Å². The summed E-state index contributed by atoms with van der Waals surface area (Å²) in [6.45, 7) is 5.32. The third kappa shape index (κ3) is 4.40. The van der Waals surface area contributed by atoms with Crippen LogP contribution in [-0.2, 0) is 11.3 Å². The van der Waals surface area contributed by atoms with Crippen molar-refractivity contribution in [3.63, 3.8) is 0 Å². The van der Waals surface area contributed by atoms with Gasteiger partial charge >= 0.3 is 0 Å². The fraction of sp³-hybridized carbons (Fsp3) is 0.350. The summed E-state index contributed by atoms with van der Waals surface area (Å²) in [5.74, 6) is 1.41. The van der Waals surface area contributed by atoms with E-state index in [0.29, 0.717) is 42.1 Å². The van der Waals surface area contributed by atoms with Crippen molar-refractivity contribution in [2.45, 2.75) is 32.9 Å². The molecule has 0 saturated carbocycles. The summed E-state index contributed by atoms with van der Waals surface area (Å²) in [6.07, 6.45) is 5.71. The van der Waals surface area contributed by atoms with Crippen LogP contribution in [0.3, 0.4) is 0 Å². The number of pyridine rings is 1. The Hall–Kier alpha value is -3.33. The fourth-order valence-electron chi connectivity index (χ4n) is 2.95. The second-order valence-corrected chi connectivity index (χ2v) is 6.81. The molecule has 1 aliphatic rings. The molecule has 0 radical (unpaired) electrons. The largest absolute Gasteiger partial charge is 0.471 e. The quantitative estimate of drug-likeness (QED) is 0.499. The van der Waals surface area contributed by atoms with Gasteiger partial charge < -0.3 is 19.7 Å². The average Bonchev–Trinajstić information content (AvgIpc) is 3.37. The normalized spacial score (nSPS) is 16.9. The van der Waals surface area contributed by atoms with Gasteiger partial charge in [0.1, 0.15) is 29.6 Å². The Balaban J connectivity index is 1.44. The van der Waals surface area contributed by atoms with Crippen LogP contribution >= 0.6 is 0 Å². The van der Waals surface area contributed by atoms with E-state index in [1.54, 1.807) is 12.4 Å². The summed E-state index contributed by atoms with van der Waals surface area (Å²) in [5, 5.41) is 4.14. The summed E-state index contributed by atoms with van der Waals surface area (Å²) in [7, 11) is 0. The first-order valence-corrected chi connectivity index (χ1v) is 9.34. The summed E-state index contributed by atoms with van der Waals surface area (Å²) in [4.78, 5) is 17.3. The van der Waals surface area contributed by atoms with E-state index in [1.165, 1.54) is 6.20 Å². The monoisotopic (exact) mass is 394 g/mol. The molecule has 0 amide bonds. The van der Waals surface area contributed by atoms with Crippen LogP contribution in [0.25, 0.3) is 11.3 Å². The van der Waals surface area contributed by atoms with Gasteiger partial charge in [0.15, 0.2) is 0 Å². The first kappa shape index (κ1) is 19.0. The number of aliphatic imine (C=N–C) groups is 1. The van der Waals surface area contributed by atoms with Gasteiger partial charge in [0.25, 0.3) is 0 Å². The fourth-order valence-corrected chi connectivity index (χ4v) is 2.95. The van der Waals surface area contributed by atoms with E-state index in [4.69, 9.17) is 19.7 Å². The van der Waals surface area contributed by atoms with Crippen LogP contribution in [0.15, 0.2) is 40.2 Å². The standard InChI is InChI=1S/C20H22N6O3/c1-12-3-4-14(7-22-12)19-16(13(2)29-26-19)11-28-18-9-23-17(8-24-18)20(21)25-15-5-6-27-10-15/h3-4,7-9,15H,5-6,10-11H2,1-2H3,(H2,21,25)/t15-/m0/s1. The molecule has 29 heavy (non-hydrogen) atoms. The number of nitrogens with two attached hydrogens (primary N) is 1. The summed E-state index contributed by atoms with van der Waals surface area (Å²) in [5.41, 5.74) is 9.87. The molecule has 0 bridgehead atoms. The van der Waals surface area contributed by atoms with Crippen molar-refractivity contribution < 1.29 is 14.0 Å². The summed E-state index contributed by atoms with van der Waals surface area (Å²) < 4.78 is 16.4. The lowest BCUT2D eigenvalue weighted by molar-refractivity contribution is 0.194. The first-order chi connectivity index (χ1) is 14.1. The minimum atomic E-state index is 0.0824. The van der Waals surface area contributed by atoms with Gasteiger partial charge in [-0.2, -0.15) is 0 Å². The smallest absolute Gasteiger partial charge is 0.232 e. The molecule has 9 heteroatoms. The Morgan fingerprint density at radius 2 is 2.10 bits per heavy atom. The molecule has 9 nitrogen and oxygen atoms in total. The molecule has 1 fully saturated rings. The zero-order valence-corrected chi connectivity index (χ0v) is 16.3. The topological polar surface area (TPSA) is 122 Å². The molecule has 4 heterocycles. The van der Waals surface area contributed by atoms with Crippen molar-refractivity contribution in [1.29, 1.82) is 0 Å². The molecule has 1 atom stereocenters. The number of hydrogen-bond acceptors (Lipinski definition) is 8. The van der Waals surface area contributed by atoms with Crippen molar-refractivity contribution in [2.24, 2.45) is 10.7 Å². The van der Waals surface area contributed by atoms with Crippen LogP contribution in [0.5, 0.6) is 5.88 Å². The lowest BCUT2D eigenvalue weighted by Crippen LogP contribution is -2.19. The number of nitrogens with zero attached hydrogens (tertiary/aromatic N) is 5. The number of aromatic nitrogens is 4. The Morgan fingerprint density at radius 1 is 1.21 bits per heavy atom. The second kappa shape index (κ2) is 8.36. The molecule has 0 aromatic carbocycles. The van der Waals surface area contributed by atoms with Gasteiger partial charge in [-0.15, -0.1) is 0 Å². The molecule has 3 aromatic rings. The van der Waals surface area contributed by atoms with E-state index < -0.39 is 0 Å². The predicted molar refractivity (Wildman–Crippen MR) is 106 cm³/mol. The minimum Gasteiger partial charge on any atom is -0.471 e. The van der Waals surface area contributed by atoms with Crippen molar-refractivity contribution in [1.82, 2.24) is 20.1 Å². The lowest BCUT2D eigenvalue weighted by Gasteiger charge is -2.07. The number of aryl methyl sites for hydroxylation is 2. The Morgan fingerprint density at radius 3 is 2.79 bits per heavy atom. The average molecular weight is 394 g/mol. The third-order valence-electron chi connectivity index (χ3n) is 4.65. The highest BCUT2D eigenvalue weighted by atomic mass is 16.5. The zero-order chi connectivity index (χ0) is 20.2. The lowest BCUT2D eigenvalue weighted by atomic mass is 10.1. The van der Waals surface area contributed by atoms with Crippen molar-refractivity contribution in [3.8, 4) is 17.1 Å². The van der Waals surface area contributed by atoms with Crippen LogP contribution in [-0.4, -0.2) is 45.2 Å². The Kier molecular flexibility index (Phi) is 5.48. The van der Waals surface area contributed by atoms with E-state index in [2.05, 4.69) is 25.1 Å². The molecular weight excluding hydrogens is 372 g/mol. The molecule has 1 aliphatic heterocycles. The van der Waals surface area contributed by atoms with Crippen LogP contribution in [0.1, 0.15) is 29.1 Å². The van der Waals surface area contributed by atoms with Gasteiger partial charge in [-0.05, 0) is 32.4 Å². The summed E-state index contributed by atoms with van der Waals surface area (Å²) >= 11 is 0. The van der Waals surface area contributed by atoms with E-state index in [0.717, 1.165) is 23.2 Å². The molecule has 4 rings (SSSR count). The Labute approximate surface area is 168 Å². The van der Waals surface area contributed by atoms with Gasteiger partial charge in [0.05, 0.1) is 30.6 Å². The molecule has 3 aromatic heterocycles. The van der Waals surface area contributed by atoms with E-state index >= 15 is 0 Å². The van der Waals surface area contributed by atoms with E-state index in [-0.39, 0.29) is 12.6 Å². The van der Waals surface area contributed by atoms with E-state index in [1.807, 2.05) is 26.0 Å². The third-order valence-corrected chi connectivity index (χ3v) is 4.65. The number of rotatable bonds is 6. The van der Waals surface area contributed by atoms with Crippen LogP contribution in [0.2, 0.25) is 0 Å². The van der Waals surface area contributed by atoms with Crippen molar-refractivity contribution in [3.05, 3.63) is 53.4 Å². The minimum absolute atomic E-state index is 0.0824. The Bertz CT molecular complexity index is 992. The van der Waals surface area contributed by atoms with Crippen LogP contribution < -0.4 is 10.5 Å². The SMILES string of the molecule is Cc1ccc(-c2noc(C)c2COc2cnc(C(N)=N[C@H]3CCOC3)cn2)cn1. The number of hydrogen-bond donors (Lipinski definition) is 1. The molecule has 150 valence electrons. The maximum atomic E-state index is 6.02. The van der Waals surface area contributed by atoms with Gasteiger partial charge in [-0.25, -0.2) is 9.97 Å². The van der Waals surface area contributed by atoms with Crippen LogP contribution in [0.4, 0.5) is 0 Å². The zero-order valence-electron chi connectivity index (χ0n) is 16.3. The maximum absolute atomic E-state index is 6.02. The molecular formula is C20H22N6O3. The van der Waals surface area contributed by atoms with Gasteiger partial charge in [0, 0.05) is 24.1 Å². The van der Waals surface area contributed by atoms with Gasteiger partial charge in [-0.1, -0.05) is 5.16 Å². The van der Waals surface area contributed by atoms with Gasteiger partial charge in [0.2, 0.25) is 5.88 Å². The summed E-state index contributed by atoms with van der Waals surface area (Å²) in [6, 6.07) is 3.96. The highest BCUT2D eigenvalue weighted by Crippen LogP contribution is 2.26. The number of amidine groups is 1.